The third kappa shape index (κ3) is 6.71. The van der Waals surface area contributed by atoms with Crippen molar-refractivity contribution in [2.45, 2.75) is 57.9 Å². The number of alkyl halides is 3. The number of hydrogen-bond acceptors (Lipinski definition) is 5. The lowest BCUT2D eigenvalue weighted by Crippen LogP contribution is -2.31. The fourth-order valence-corrected chi connectivity index (χ4v) is 3.06. The van der Waals surface area contributed by atoms with E-state index in [1.54, 1.807) is 6.07 Å². The van der Waals surface area contributed by atoms with Crippen molar-refractivity contribution in [2.75, 3.05) is 18.5 Å². The van der Waals surface area contributed by atoms with Crippen LogP contribution in [0.1, 0.15) is 50.7 Å². The standard InChI is InChI=1S/C20H25F3N2O3/c1-13(2)11-28-19(26)12-27-17-7-5-15(6-8-17)25-16-4-3-14(10-24)18(9-16)20(21,22)23/h3-4,9,13,15,17,25H,5-8,11-12H2,1-2H3/t15-,17-. The number of nitrogens with zero attached hydrogens (tertiary/aromatic N) is 1. The van der Waals surface area contributed by atoms with E-state index < -0.39 is 11.7 Å². The summed E-state index contributed by atoms with van der Waals surface area (Å²) in [5, 5.41) is 12.0. The number of carbonyl (C=O) groups excluding carboxylic acids is 1. The zero-order valence-corrected chi connectivity index (χ0v) is 16.0. The van der Waals surface area contributed by atoms with Crippen molar-refractivity contribution in [3.8, 4) is 6.07 Å². The Morgan fingerprint density at radius 2 is 1.96 bits per heavy atom. The van der Waals surface area contributed by atoms with Crippen LogP contribution in [0, 0.1) is 17.2 Å². The highest BCUT2D eigenvalue weighted by Crippen LogP contribution is 2.34. The van der Waals surface area contributed by atoms with Crippen LogP contribution >= 0.6 is 0 Å². The van der Waals surface area contributed by atoms with Gasteiger partial charge in [0.25, 0.3) is 0 Å². The molecule has 2 rings (SSSR count). The molecule has 0 heterocycles. The number of esters is 1. The summed E-state index contributed by atoms with van der Waals surface area (Å²) < 4.78 is 49.8. The van der Waals surface area contributed by atoms with Crippen LogP contribution in [0.2, 0.25) is 0 Å². The Balaban J connectivity index is 1.81. The second kappa shape index (κ2) is 9.78. The first-order chi connectivity index (χ1) is 13.2. The topological polar surface area (TPSA) is 71.3 Å². The SMILES string of the molecule is CC(C)COC(=O)CO[C@H]1CC[C@H](Nc2ccc(C#N)c(C(F)(F)F)c2)CC1. The molecule has 0 saturated heterocycles. The van der Waals surface area contributed by atoms with Gasteiger partial charge >= 0.3 is 12.1 Å². The number of carbonyl (C=O) groups is 1. The minimum absolute atomic E-state index is 0.0155. The molecule has 0 unspecified atom stereocenters. The maximum atomic E-state index is 13.1. The van der Waals surface area contributed by atoms with Gasteiger partial charge in [-0.25, -0.2) is 4.79 Å². The average molecular weight is 398 g/mol. The third-order valence-electron chi connectivity index (χ3n) is 4.50. The third-order valence-corrected chi connectivity index (χ3v) is 4.50. The molecule has 0 radical (unpaired) electrons. The van der Waals surface area contributed by atoms with Gasteiger partial charge in [-0.3, -0.25) is 0 Å². The highest BCUT2D eigenvalue weighted by Gasteiger charge is 2.34. The maximum absolute atomic E-state index is 13.1. The molecule has 1 aliphatic rings. The van der Waals surface area contributed by atoms with Crippen molar-refractivity contribution in [3.63, 3.8) is 0 Å². The van der Waals surface area contributed by atoms with E-state index in [1.165, 1.54) is 12.1 Å². The lowest BCUT2D eigenvalue weighted by Gasteiger charge is -2.29. The molecule has 1 aromatic carbocycles. The number of rotatable bonds is 7. The Labute approximate surface area is 162 Å². The predicted molar refractivity (Wildman–Crippen MR) is 97.6 cm³/mol. The van der Waals surface area contributed by atoms with Crippen molar-refractivity contribution < 1.29 is 27.4 Å². The van der Waals surface area contributed by atoms with Gasteiger partial charge in [-0.15, -0.1) is 0 Å². The molecular formula is C20H25F3N2O3. The van der Waals surface area contributed by atoms with E-state index >= 15 is 0 Å². The molecule has 1 saturated carbocycles. The number of nitriles is 1. The largest absolute Gasteiger partial charge is 0.464 e. The molecule has 0 amide bonds. The molecule has 0 bridgehead atoms. The minimum Gasteiger partial charge on any atom is -0.464 e. The van der Waals surface area contributed by atoms with Crippen molar-refractivity contribution in [1.29, 1.82) is 5.26 Å². The van der Waals surface area contributed by atoms with Crippen molar-refractivity contribution in [2.24, 2.45) is 5.92 Å². The van der Waals surface area contributed by atoms with Crippen LogP contribution in [-0.2, 0) is 20.4 Å². The molecule has 1 aliphatic carbocycles. The summed E-state index contributed by atoms with van der Waals surface area (Å²) in [6.45, 7) is 4.19. The van der Waals surface area contributed by atoms with Gasteiger partial charge in [0.1, 0.15) is 6.61 Å². The first-order valence-corrected chi connectivity index (χ1v) is 9.34. The van der Waals surface area contributed by atoms with Gasteiger partial charge in [-0.05, 0) is 49.8 Å². The van der Waals surface area contributed by atoms with E-state index in [-0.39, 0.29) is 36.2 Å². The number of ether oxygens (including phenoxy) is 2. The van der Waals surface area contributed by atoms with Gasteiger partial charge in [0.05, 0.1) is 29.9 Å². The second-order valence-corrected chi connectivity index (χ2v) is 7.38. The fraction of sp³-hybridized carbons (Fsp3) is 0.600. The Morgan fingerprint density at radius 1 is 1.29 bits per heavy atom. The highest BCUT2D eigenvalue weighted by molar-refractivity contribution is 5.70. The first-order valence-electron chi connectivity index (χ1n) is 9.34. The van der Waals surface area contributed by atoms with Crippen LogP contribution in [0.3, 0.4) is 0 Å². The summed E-state index contributed by atoms with van der Waals surface area (Å²) in [4.78, 5) is 11.6. The Hall–Kier alpha value is -2.27. The smallest absolute Gasteiger partial charge is 0.417 e. The minimum atomic E-state index is -4.57. The van der Waals surface area contributed by atoms with Crippen molar-refractivity contribution in [1.82, 2.24) is 0 Å². The number of benzene rings is 1. The summed E-state index contributed by atoms with van der Waals surface area (Å²) >= 11 is 0. The zero-order valence-electron chi connectivity index (χ0n) is 16.0. The predicted octanol–water partition coefficient (Wildman–Crippen LogP) is 4.52. The normalized spacial score (nSPS) is 19.9. The first kappa shape index (κ1) is 22.0. The second-order valence-electron chi connectivity index (χ2n) is 7.38. The molecule has 0 spiro atoms. The molecule has 28 heavy (non-hydrogen) atoms. The van der Waals surface area contributed by atoms with Crippen LogP contribution in [0.4, 0.5) is 18.9 Å². The van der Waals surface area contributed by atoms with Crippen LogP contribution < -0.4 is 5.32 Å². The van der Waals surface area contributed by atoms with Crippen LogP contribution in [0.15, 0.2) is 18.2 Å². The van der Waals surface area contributed by atoms with Gasteiger partial charge in [0, 0.05) is 11.7 Å². The van der Waals surface area contributed by atoms with E-state index in [1.807, 2.05) is 13.8 Å². The molecular weight excluding hydrogens is 373 g/mol. The molecule has 1 aromatic rings. The monoisotopic (exact) mass is 398 g/mol. The fourth-order valence-electron chi connectivity index (χ4n) is 3.06. The molecule has 8 heteroatoms. The Bertz CT molecular complexity index is 706. The quantitative estimate of drug-likeness (QED) is 0.684. The van der Waals surface area contributed by atoms with Gasteiger partial charge < -0.3 is 14.8 Å². The lowest BCUT2D eigenvalue weighted by molar-refractivity contribution is -0.152. The molecule has 0 aliphatic heterocycles. The Kier molecular flexibility index (Phi) is 7.69. The Morgan fingerprint density at radius 3 is 2.54 bits per heavy atom. The van der Waals surface area contributed by atoms with E-state index in [0.29, 0.717) is 38.0 Å². The average Bonchev–Trinajstić information content (AvgIpc) is 2.65. The van der Waals surface area contributed by atoms with Crippen molar-refractivity contribution in [3.05, 3.63) is 29.3 Å². The van der Waals surface area contributed by atoms with Gasteiger partial charge in [-0.2, -0.15) is 18.4 Å². The summed E-state index contributed by atoms with van der Waals surface area (Å²) in [5.74, 6) is -0.114. The summed E-state index contributed by atoms with van der Waals surface area (Å²) in [6.07, 6.45) is -1.79. The molecule has 0 atom stereocenters. The van der Waals surface area contributed by atoms with Gasteiger partial charge in [-0.1, -0.05) is 13.8 Å². The summed E-state index contributed by atoms with van der Waals surface area (Å²) in [6, 6.07) is 5.24. The number of halogens is 3. The molecule has 0 aromatic heterocycles. The number of hydrogen-bond donors (Lipinski definition) is 1. The summed E-state index contributed by atoms with van der Waals surface area (Å²) in [7, 11) is 0. The lowest BCUT2D eigenvalue weighted by atomic mass is 9.92. The molecule has 154 valence electrons. The zero-order chi connectivity index (χ0) is 20.7. The summed E-state index contributed by atoms with van der Waals surface area (Å²) in [5.41, 5.74) is -0.982. The molecule has 1 N–H and O–H groups in total. The van der Waals surface area contributed by atoms with E-state index in [2.05, 4.69) is 5.32 Å². The van der Waals surface area contributed by atoms with E-state index in [4.69, 9.17) is 14.7 Å². The number of nitrogens with one attached hydrogen (secondary N) is 1. The number of anilines is 1. The van der Waals surface area contributed by atoms with Crippen LogP contribution in [0.25, 0.3) is 0 Å². The van der Waals surface area contributed by atoms with Gasteiger partial charge in [0.2, 0.25) is 0 Å². The molecule has 5 nitrogen and oxygen atoms in total. The van der Waals surface area contributed by atoms with Crippen LogP contribution in [0.5, 0.6) is 0 Å². The van der Waals surface area contributed by atoms with Crippen molar-refractivity contribution >= 4 is 11.7 Å². The molecule has 1 fully saturated rings. The maximum Gasteiger partial charge on any atom is 0.417 e. The van der Waals surface area contributed by atoms with E-state index in [9.17, 15) is 18.0 Å². The van der Waals surface area contributed by atoms with E-state index in [0.717, 1.165) is 6.07 Å². The van der Waals surface area contributed by atoms with Gasteiger partial charge in [0.15, 0.2) is 0 Å². The highest BCUT2D eigenvalue weighted by atomic mass is 19.4. The van der Waals surface area contributed by atoms with Crippen LogP contribution in [-0.4, -0.2) is 31.3 Å².